The molecule has 0 fully saturated rings. The van der Waals surface area contributed by atoms with Crippen molar-refractivity contribution < 1.29 is 13.5 Å². The zero-order chi connectivity index (χ0) is 8.55. The lowest BCUT2D eigenvalue weighted by Gasteiger charge is -1.96. The Labute approximate surface area is 68.6 Å². The van der Waals surface area contributed by atoms with E-state index in [0.717, 1.165) is 5.39 Å². The summed E-state index contributed by atoms with van der Waals surface area (Å²) in [4.78, 5) is 0. The second-order valence-corrected chi connectivity index (χ2v) is 2.45. The van der Waals surface area contributed by atoms with Gasteiger partial charge in [0, 0.05) is 17.5 Å². The first-order valence-electron chi connectivity index (χ1n) is 3.52. The molecule has 2 aromatic rings. The van der Waals surface area contributed by atoms with E-state index in [4.69, 9.17) is 9.15 Å². The highest BCUT2D eigenvalue weighted by Crippen LogP contribution is 2.22. The molecule has 2 nitrogen and oxygen atoms in total. The summed E-state index contributed by atoms with van der Waals surface area (Å²) in [5.74, 6) is 0.664. The zero-order valence-corrected chi connectivity index (χ0v) is 6.50. The van der Waals surface area contributed by atoms with E-state index in [1.54, 1.807) is 25.3 Å². The van der Waals surface area contributed by atoms with Crippen LogP contribution >= 0.6 is 0 Å². The molecule has 0 radical (unpaired) electrons. The van der Waals surface area contributed by atoms with Gasteiger partial charge in [-0.05, 0) is 12.1 Å². The summed E-state index contributed by atoms with van der Waals surface area (Å²) in [6.07, 6.45) is 0. The van der Waals surface area contributed by atoms with Gasteiger partial charge in [-0.1, -0.05) is 0 Å². The van der Waals surface area contributed by atoms with Crippen LogP contribution in [0.2, 0.25) is 0 Å². The quantitative estimate of drug-likeness (QED) is 0.649. The molecule has 1 heterocycles. The molecule has 0 saturated carbocycles. The number of methoxy groups -OCH3 is 1. The summed E-state index contributed by atoms with van der Waals surface area (Å²) < 4.78 is 22.3. The second-order valence-electron chi connectivity index (χ2n) is 2.45. The molecule has 2 rings (SSSR count). The van der Waals surface area contributed by atoms with E-state index < -0.39 is 6.01 Å². The van der Waals surface area contributed by atoms with E-state index in [1.165, 1.54) is 6.07 Å². The average molecular weight is 166 g/mol. The van der Waals surface area contributed by atoms with E-state index in [9.17, 15) is 4.39 Å². The van der Waals surface area contributed by atoms with Gasteiger partial charge in [0.1, 0.15) is 11.3 Å². The molecule has 0 atom stereocenters. The van der Waals surface area contributed by atoms with Crippen LogP contribution in [0.3, 0.4) is 0 Å². The van der Waals surface area contributed by atoms with E-state index in [-0.39, 0.29) is 0 Å². The Bertz CT molecular complexity index is 406. The zero-order valence-electron chi connectivity index (χ0n) is 6.50. The molecular weight excluding hydrogens is 159 g/mol. The van der Waals surface area contributed by atoms with Crippen LogP contribution in [0.25, 0.3) is 11.0 Å². The standard InChI is InChI=1S/C9H7FO2/c1-11-7-3-2-6-4-9(10)12-8(6)5-7/h2-5H,1H3. The SMILES string of the molecule is COc1ccc2cc(F)oc2c1. The maximum atomic E-state index is 12.5. The van der Waals surface area contributed by atoms with Gasteiger partial charge in [-0.2, -0.15) is 4.39 Å². The van der Waals surface area contributed by atoms with Gasteiger partial charge < -0.3 is 9.15 Å². The minimum atomic E-state index is -0.571. The van der Waals surface area contributed by atoms with Gasteiger partial charge in [0.15, 0.2) is 0 Å². The normalized spacial score (nSPS) is 10.5. The van der Waals surface area contributed by atoms with Crippen LogP contribution in [0.4, 0.5) is 4.39 Å². The van der Waals surface area contributed by atoms with Gasteiger partial charge in [0.2, 0.25) is 0 Å². The lowest BCUT2D eigenvalue weighted by molar-refractivity contribution is 0.378. The van der Waals surface area contributed by atoms with Crippen molar-refractivity contribution >= 4 is 11.0 Å². The predicted octanol–water partition coefficient (Wildman–Crippen LogP) is 2.58. The van der Waals surface area contributed by atoms with Crippen molar-refractivity contribution in [1.29, 1.82) is 0 Å². The Balaban J connectivity index is 2.66. The molecule has 0 aliphatic heterocycles. The largest absolute Gasteiger partial charge is 0.497 e. The average Bonchev–Trinajstić information content (AvgIpc) is 2.43. The molecule has 0 unspecified atom stereocenters. The number of ether oxygens (including phenoxy) is 1. The van der Waals surface area contributed by atoms with Crippen molar-refractivity contribution in [3.63, 3.8) is 0 Å². The van der Waals surface area contributed by atoms with Crippen molar-refractivity contribution in [1.82, 2.24) is 0 Å². The highest BCUT2D eigenvalue weighted by atomic mass is 19.1. The van der Waals surface area contributed by atoms with Crippen molar-refractivity contribution in [2.45, 2.75) is 0 Å². The van der Waals surface area contributed by atoms with Gasteiger partial charge in [0.05, 0.1) is 7.11 Å². The van der Waals surface area contributed by atoms with Crippen molar-refractivity contribution in [2.24, 2.45) is 0 Å². The summed E-state index contributed by atoms with van der Waals surface area (Å²) in [6, 6.07) is 5.93. The van der Waals surface area contributed by atoms with Gasteiger partial charge in [0.25, 0.3) is 6.01 Å². The fraction of sp³-hybridized carbons (Fsp3) is 0.111. The Hall–Kier alpha value is -1.51. The number of benzene rings is 1. The van der Waals surface area contributed by atoms with Crippen LogP contribution in [0.1, 0.15) is 0 Å². The number of hydrogen-bond acceptors (Lipinski definition) is 2. The molecule has 62 valence electrons. The number of rotatable bonds is 1. The fourth-order valence-electron chi connectivity index (χ4n) is 1.11. The maximum Gasteiger partial charge on any atom is 0.278 e. The summed E-state index contributed by atoms with van der Waals surface area (Å²) in [5.41, 5.74) is 0.506. The van der Waals surface area contributed by atoms with Crippen molar-refractivity contribution in [2.75, 3.05) is 7.11 Å². The van der Waals surface area contributed by atoms with Crippen LogP contribution in [0.5, 0.6) is 5.75 Å². The molecule has 3 heteroatoms. The van der Waals surface area contributed by atoms with Crippen LogP contribution in [-0.4, -0.2) is 7.11 Å². The second kappa shape index (κ2) is 2.52. The number of furan rings is 1. The molecule has 0 bridgehead atoms. The maximum absolute atomic E-state index is 12.5. The third-order valence-electron chi connectivity index (χ3n) is 1.70. The molecule has 0 N–H and O–H groups in total. The molecule has 1 aromatic carbocycles. The van der Waals surface area contributed by atoms with Crippen LogP contribution in [0, 0.1) is 6.01 Å². The Morgan fingerprint density at radius 1 is 1.33 bits per heavy atom. The van der Waals surface area contributed by atoms with Crippen molar-refractivity contribution in [3.05, 3.63) is 30.3 Å². The van der Waals surface area contributed by atoms with E-state index in [2.05, 4.69) is 0 Å². The Morgan fingerprint density at radius 2 is 2.17 bits per heavy atom. The molecule has 0 aliphatic carbocycles. The Morgan fingerprint density at radius 3 is 2.92 bits per heavy atom. The highest BCUT2D eigenvalue weighted by molar-refractivity contribution is 5.78. The predicted molar refractivity (Wildman–Crippen MR) is 42.7 cm³/mol. The summed E-state index contributed by atoms with van der Waals surface area (Å²) >= 11 is 0. The lowest BCUT2D eigenvalue weighted by atomic mass is 10.2. The smallest absolute Gasteiger partial charge is 0.278 e. The molecular formula is C9H7FO2. The molecule has 0 spiro atoms. The Kier molecular flexibility index (Phi) is 1.50. The molecule has 0 aliphatic rings. The van der Waals surface area contributed by atoms with Gasteiger partial charge >= 0.3 is 0 Å². The molecule has 1 aromatic heterocycles. The third kappa shape index (κ3) is 1.03. The van der Waals surface area contributed by atoms with Gasteiger partial charge in [-0.25, -0.2) is 0 Å². The minimum Gasteiger partial charge on any atom is -0.497 e. The summed E-state index contributed by atoms with van der Waals surface area (Å²) in [6.45, 7) is 0. The van der Waals surface area contributed by atoms with Crippen LogP contribution in [-0.2, 0) is 0 Å². The summed E-state index contributed by atoms with van der Waals surface area (Å²) in [7, 11) is 1.56. The number of fused-ring (bicyclic) bond motifs is 1. The minimum absolute atomic E-state index is 0.506. The summed E-state index contributed by atoms with van der Waals surface area (Å²) in [5, 5.41) is 0.744. The van der Waals surface area contributed by atoms with Gasteiger partial charge in [-0.3, -0.25) is 0 Å². The van der Waals surface area contributed by atoms with Gasteiger partial charge in [-0.15, -0.1) is 0 Å². The molecule has 12 heavy (non-hydrogen) atoms. The van der Waals surface area contributed by atoms with Crippen LogP contribution < -0.4 is 4.74 Å². The first-order chi connectivity index (χ1) is 5.79. The lowest BCUT2D eigenvalue weighted by Crippen LogP contribution is -1.79. The third-order valence-corrected chi connectivity index (χ3v) is 1.70. The first kappa shape index (κ1) is 7.16. The van der Waals surface area contributed by atoms with Crippen molar-refractivity contribution in [3.8, 4) is 5.75 Å². The molecule has 0 saturated heterocycles. The van der Waals surface area contributed by atoms with E-state index >= 15 is 0 Å². The van der Waals surface area contributed by atoms with Crippen LogP contribution in [0.15, 0.2) is 28.7 Å². The monoisotopic (exact) mass is 166 g/mol. The first-order valence-corrected chi connectivity index (χ1v) is 3.52. The molecule has 0 amide bonds. The van der Waals surface area contributed by atoms with E-state index in [0.29, 0.717) is 11.3 Å². The number of hydrogen-bond donors (Lipinski definition) is 0. The fourth-order valence-corrected chi connectivity index (χ4v) is 1.11. The highest BCUT2D eigenvalue weighted by Gasteiger charge is 2.02. The van der Waals surface area contributed by atoms with E-state index in [1.807, 2.05) is 0 Å². The number of halogens is 1. The topological polar surface area (TPSA) is 22.4 Å².